The molecule has 0 unspecified atom stereocenters. The Balaban J connectivity index is 0.00000144. The number of hydrogen-bond donors (Lipinski definition) is 0. The van der Waals surface area contributed by atoms with E-state index in [2.05, 4.69) is 21.0 Å². The Morgan fingerprint density at radius 1 is 1.29 bits per heavy atom. The molecule has 17 heavy (non-hydrogen) atoms. The summed E-state index contributed by atoms with van der Waals surface area (Å²) in [6.07, 6.45) is 1.78. The third-order valence-electron chi connectivity index (χ3n) is 2.04. The fraction of sp³-hybridized carbons (Fsp3) is 0.182. The van der Waals surface area contributed by atoms with Crippen molar-refractivity contribution in [2.24, 2.45) is 5.10 Å². The summed E-state index contributed by atoms with van der Waals surface area (Å²) in [5, 5.41) is 8.77. The average Bonchev–Trinajstić information content (AvgIpc) is 2.31. The summed E-state index contributed by atoms with van der Waals surface area (Å²) >= 11 is 4.93. The maximum Gasteiger partial charge on any atom is 0.128 e. The van der Waals surface area contributed by atoms with Crippen molar-refractivity contribution < 1.29 is 4.39 Å². The lowest BCUT2D eigenvalue weighted by molar-refractivity contribution is 0.339. The minimum absolute atomic E-state index is 0. The summed E-state index contributed by atoms with van der Waals surface area (Å²) in [6, 6.07) is 7.91. The van der Waals surface area contributed by atoms with Gasteiger partial charge in [0, 0.05) is 16.2 Å². The molecule has 2 rings (SSSR count). The SMILES string of the molecule is Cl.FCCN1C=CSC(c2ccc(Br)cc2)=N1. The average molecular weight is 338 g/mol. The molecule has 1 aliphatic heterocycles. The van der Waals surface area contributed by atoms with Crippen LogP contribution in [0.1, 0.15) is 5.56 Å². The molecule has 1 heterocycles. The Morgan fingerprint density at radius 3 is 2.65 bits per heavy atom. The first-order valence-electron chi connectivity index (χ1n) is 4.80. The minimum atomic E-state index is -0.397. The number of alkyl halides is 1. The molecule has 0 atom stereocenters. The molecule has 0 N–H and O–H groups in total. The van der Waals surface area contributed by atoms with Crippen molar-refractivity contribution >= 4 is 45.1 Å². The summed E-state index contributed by atoms with van der Waals surface area (Å²) in [7, 11) is 0. The molecular formula is C11H11BrClFN2S. The number of nitrogens with zero attached hydrogens (tertiary/aromatic N) is 2. The highest BCUT2D eigenvalue weighted by Crippen LogP contribution is 2.21. The molecule has 6 heteroatoms. The van der Waals surface area contributed by atoms with Gasteiger partial charge in [0.2, 0.25) is 0 Å². The van der Waals surface area contributed by atoms with Crippen molar-refractivity contribution in [3.05, 3.63) is 45.9 Å². The topological polar surface area (TPSA) is 15.6 Å². The van der Waals surface area contributed by atoms with Crippen LogP contribution < -0.4 is 0 Å². The molecule has 92 valence electrons. The van der Waals surface area contributed by atoms with Gasteiger partial charge in [-0.25, -0.2) is 4.39 Å². The maximum absolute atomic E-state index is 12.2. The molecule has 1 aromatic carbocycles. The lowest BCUT2D eigenvalue weighted by Crippen LogP contribution is -2.17. The van der Waals surface area contributed by atoms with Crippen molar-refractivity contribution in [3.8, 4) is 0 Å². The summed E-state index contributed by atoms with van der Waals surface area (Å²) in [5.41, 5.74) is 1.04. The molecule has 1 aromatic rings. The molecule has 0 saturated carbocycles. The number of thioether (sulfide) groups is 1. The summed E-state index contributed by atoms with van der Waals surface area (Å²) < 4.78 is 13.2. The Labute approximate surface area is 118 Å². The van der Waals surface area contributed by atoms with Crippen molar-refractivity contribution in [2.45, 2.75) is 0 Å². The lowest BCUT2D eigenvalue weighted by atomic mass is 10.2. The summed E-state index contributed by atoms with van der Waals surface area (Å²) in [4.78, 5) is 0. The van der Waals surface area contributed by atoms with Crippen LogP contribution >= 0.6 is 40.1 Å². The van der Waals surface area contributed by atoms with E-state index in [1.165, 1.54) is 0 Å². The first-order valence-corrected chi connectivity index (χ1v) is 6.47. The molecule has 0 spiro atoms. The lowest BCUT2D eigenvalue weighted by Gasteiger charge is -2.18. The number of halogens is 3. The molecule has 2 nitrogen and oxygen atoms in total. The second kappa shape index (κ2) is 7.03. The molecule has 0 aromatic heterocycles. The van der Waals surface area contributed by atoms with Gasteiger partial charge in [0.15, 0.2) is 0 Å². The van der Waals surface area contributed by atoms with Crippen LogP contribution in [0, 0.1) is 0 Å². The molecule has 0 amide bonds. The van der Waals surface area contributed by atoms with Crippen LogP contribution in [-0.4, -0.2) is 23.3 Å². The van der Waals surface area contributed by atoms with Gasteiger partial charge in [0.05, 0.1) is 6.54 Å². The van der Waals surface area contributed by atoms with E-state index in [0.29, 0.717) is 6.54 Å². The largest absolute Gasteiger partial charge is 0.269 e. The molecular weight excluding hydrogens is 327 g/mol. The van der Waals surface area contributed by atoms with Crippen LogP contribution in [0.25, 0.3) is 0 Å². The Kier molecular flexibility index (Phi) is 6.02. The van der Waals surface area contributed by atoms with E-state index in [0.717, 1.165) is 15.1 Å². The van der Waals surface area contributed by atoms with Gasteiger partial charge in [-0.05, 0) is 17.5 Å². The van der Waals surface area contributed by atoms with Crippen LogP contribution in [0.15, 0.2) is 45.4 Å². The van der Waals surface area contributed by atoms with Crippen LogP contribution in [0.2, 0.25) is 0 Å². The predicted octanol–water partition coefficient (Wildman–Crippen LogP) is 4.02. The van der Waals surface area contributed by atoms with Gasteiger partial charge in [-0.15, -0.1) is 12.4 Å². The normalized spacial score (nSPS) is 14.2. The van der Waals surface area contributed by atoms with Gasteiger partial charge in [-0.1, -0.05) is 39.8 Å². The van der Waals surface area contributed by atoms with Crippen LogP contribution in [-0.2, 0) is 0 Å². The monoisotopic (exact) mass is 336 g/mol. The van der Waals surface area contributed by atoms with E-state index in [1.807, 2.05) is 29.7 Å². The molecule has 1 aliphatic rings. The van der Waals surface area contributed by atoms with Gasteiger partial charge < -0.3 is 0 Å². The highest BCUT2D eigenvalue weighted by atomic mass is 79.9. The molecule has 0 saturated heterocycles. The number of benzene rings is 1. The maximum atomic E-state index is 12.2. The first kappa shape index (κ1) is 14.5. The van der Waals surface area contributed by atoms with E-state index in [1.54, 1.807) is 23.0 Å². The van der Waals surface area contributed by atoms with Gasteiger partial charge in [-0.3, -0.25) is 5.01 Å². The quantitative estimate of drug-likeness (QED) is 0.828. The fourth-order valence-electron chi connectivity index (χ4n) is 1.27. The predicted molar refractivity (Wildman–Crippen MR) is 77.3 cm³/mol. The fourth-order valence-corrected chi connectivity index (χ4v) is 2.29. The van der Waals surface area contributed by atoms with Crippen molar-refractivity contribution in [2.75, 3.05) is 13.2 Å². The third-order valence-corrected chi connectivity index (χ3v) is 3.36. The molecule has 0 fully saturated rings. The number of rotatable bonds is 3. The van der Waals surface area contributed by atoms with E-state index in [-0.39, 0.29) is 12.4 Å². The molecule has 0 bridgehead atoms. The van der Waals surface area contributed by atoms with Crippen LogP contribution in [0.3, 0.4) is 0 Å². The van der Waals surface area contributed by atoms with Gasteiger partial charge in [0.1, 0.15) is 11.7 Å². The van der Waals surface area contributed by atoms with Crippen LogP contribution in [0.5, 0.6) is 0 Å². The van der Waals surface area contributed by atoms with Crippen molar-refractivity contribution in [1.82, 2.24) is 5.01 Å². The van der Waals surface area contributed by atoms with E-state index in [9.17, 15) is 4.39 Å². The van der Waals surface area contributed by atoms with Crippen LogP contribution in [0.4, 0.5) is 4.39 Å². The van der Waals surface area contributed by atoms with E-state index >= 15 is 0 Å². The Bertz CT molecular complexity index is 422. The highest BCUT2D eigenvalue weighted by molar-refractivity contribution is 9.10. The highest BCUT2D eigenvalue weighted by Gasteiger charge is 2.09. The second-order valence-corrected chi connectivity index (χ2v) is 4.98. The third kappa shape index (κ3) is 4.01. The Hall–Kier alpha value is -0.520. The molecule has 0 aliphatic carbocycles. The first-order chi connectivity index (χ1) is 7.79. The number of hydrogen-bond acceptors (Lipinski definition) is 3. The standard InChI is InChI=1S/C11H10BrFN2S.ClH/c12-10-3-1-9(2-4-10)11-14-15(6-5-13)7-8-16-11;/h1-4,7-8H,5-6H2;1H. The Morgan fingerprint density at radius 2 is 2.00 bits per heavy atom. The molecule has 0 radical (unpaired) electrons. The van der Waals surface area contributed by atoms with Crippen molar-refractivity contribution in [3.63, 3.8) is 0 Å². The van der Waals surface area contributed by atoms with E-state index < -0.39 is 6.67 Å². The van der Waals surface area contributed by atoms with E-state index in [4.69, 9.17) is 0 Å². The van der Waals surface area contributed by atoms with Gasteiger partial charge in [0.25, 0.3) is 0 Å². The van der Waals surface area contributed by atoms with Crippen molar-refractivity contribution in [1.29, 1.82) is 0 Å². The minimum Gasteiger partial charge on any atom is -0.269 e. The number of hydrazone groups is 1. The zero-order chi connectivity index (χ0) is 11.4. The summed E-state index contributed by atoms with van der Waals surface area (Å²) in [6.45, 7) is -0.0940. The zero-order valence-electron chi connectivity index (χ0n) is 8.85. The second-order valence-electron chi connectivity index (χ2n) is 3.17. The van der Waals surface area contributed by atoms with Gasteiger partial charge in [-0.2, -0.15) is 5.10 Å². The zero-order valence-corrected chi connectivity index (χ0v) is 12.1. The summed E-state index contributed by atoms with van der Waals surface area (Å²) in [5.74, 6) is 0. The smallest absolute Gasteiger partial charge is 0.128 e. The van der Waals surface area contributed by atoms with Gasteiger partial charge >= 0.3 is 0 Å².